The number of carboxylic acids is 1. The van der Waals surface area contributed by atoms with E-state index in [1.807, 2.05) is 4.90 Å². The van der Waals surface area contributed by atoms with Crippen molar-refractivity contribution in [3.05, 3.63) is 69.1 Å². The molecule has 11 nitrogen and oxygen atoms in total. The minimum atomic E-state index is -1.34. The topological polar surface area (TPSA) is 130 Å². The van der Waals surface area contributed by atoms with Crippen molar-refractivity contribution >= 4 is 34.9 Å². The Morgan fingerprint density at radius 1 is 1.09 bits per heavy atom. The number of aryl methyl sites for hydroxylation is 1. The predicted octanol–water partition coefficient (Wildman–Crippen LogP) is 3.97. The molecule has 1 atom stereocenters. The number of carbonyl (C=O) groups excluding carboxylic acids is 2. The van der Waals surface area contributed by atoms with E-state index in [2.05, 4.69) is 5.32 Å². The lowest BCUT2D eigenvalue weighted by molar-refractivity contribution is -0.119. The fourth-order valence-corrected chi connectivity index (χ4v) is 6.12. The summed E-state index contributed by atoms with van der Waals surface area (Å²) in [7, 11) is 0. The van der Waals surface area contributed by atoms with Gasteiger partial charge in [0.15, 0.2) is 17.4 Å². The summed E-state index contributed by atoms with van der Waals surface area (Å²) in [5.41, 5.74) is 1.38. The number of aromatic nitrogens is 1. The molecular formula is C31H32F2N4O7. The van der Waals surface area contributed by atoms with Crippen LogP contribution in [0.1, 0.15) is 60.0 Å². The van der Waals surface area contributed by atoms with E-state index in [4.69, 9.17) is 9.47 Å². The molecule has 3 aliphatic rings. The second-order valence-electron chi connectivity index (χ2n) is 11.5. The zero-order chi connectivity index (χ0) is 31.3. The highest BCUT2D eigenvalue weighted by Gasteiger charge is 2.34. The Bertz CT molecular complexity index is 1730. The van der Waals surface area contributed by atoms with Crippen molar-refractivity contribution in [3.63, 3.8) is 0 Å². The molecule has 4 heterocycles. The first-order chi connectivity index (χ1) is 21.0. The molecule has 3 aromatic rings. The highest BCUT2D eigenvalue weighted by molar-refractivity contribution is 5.90. The number of hydrogen-bond donors (Lipinski definition) is 2. The van der Waals surface area contributed by atoms with Crippen molar-refractivity contribution in [3.8, 4) is 5.75 Å². The normalized spacial score (nSPS) is 18.9. The number of piperidine rings is 1. The minimum Gasteiger partial charge on any atom is -0.487 e. The summed E-state index contributed by atoms with van der Waals surface area (Å²) in [6.45, 7) is 4.28. The average molecular weight is 611 g/mol. The number of aromatic carboxylic acids is 1. The van der Waals surface area contributed by atoms with Crippen LogP contribution >= 0.6 is 0 Å². The zero-order valence-corrected chi connectivity index (χ0v) is 24.3. The lowest BCUT2D eigenvalue weighted by atomic mass is 10.0. The lowest BCUT2D eigenvalue weighted by Gasteiger charge is -2.35. The van der Waals surface area contributed by atoms with Crippen LogP contribution in [0.2, 0.25) is 0 Å². The SMILES string of the molecule is CC(=O)NCC1CN(c2ccc(OC3CCN(c4c(F)cn5c(=O)c(C(=O)O)cc(C6CC6)c5c4C)CC3)c(F)c2)C(=O)O1. The summed E-state index contributed by atoms with van der Waals surface area (Å²) in [4.78, 5) is 51.2. The van der Waals surface area contributed by atoms with E-state index in [9.17, 15) is 24.3 Å². The van der Waals surface area contributed by atoms with Crippen LogP contribution in [0.25, 0.3) is 5.52 Å². The first-order valence-corrected chi connectivity index (χ1v) is 14.6. The van der Waals surface area contributed by atoms with Crippen LogP contribution in [-0.2, 0) is 9.53 Å². The van der Waals surface area contributed by atoms with Gasteiger partial charge in [-0.2, -0.15) is 0 Å². The van der Waals surface area contributed by atoms with Crippen molar-refractivity contribution in [2.24, 2.45) is 0 Å². The minimum absolute atomic E-state index is 0.0327. The van der Waals surface area contributed by atoms with Gasteiger partial charge in [-0.25, -0.2) is 18.4 Å². The summed E-state index contributed by atoms with van der Waals surface area (Å²) in [5.74, 6) is -2.69. The Morgan fingerprint density at radius 2 is 1.82 bits per heavy atom. The summed E-state index contributed by atoms with van der Waals surface area (Å²) in [5, 5.41) is 12.1. The smallest absolute Gasteiger partial charge is 0.414 e. The first-order valence-electron chi connectivity index (χ1n) is 14.6. The molecule has 0 radical (unpaired) electrons. The standard InChI is InChI=1S/C31H32F2N4O7/c1-16-27-22(18-3-4-18)12-23(30(40)41)29(39)37(27)15-25(33)28(16)35-9-7-20(8-10-35)43-26-6-5-19(11-24(26)32)36-14-21(44-31(36)42)13-34-17(2)38/h5-6,11-12,15,18,20-21H,3-4,7-10,13-14H2,1-2H3,(H,34,38)(H,40,41). The summed E-state index contributed by atoms with van der Waals surface area (Å²) < 4.78 is 42.9. The van der Waals surface area contributed by atoms with Gasteiger partial charge < -0.3 is 24.8 Å². The Morgan fingerprint density at radius 3 is 2.45 bits per heavy atom. The number of fused-ring (bicyclic) bond motifs is 1. The quantitative estimate of drug-likeness (QED) is 0.392. The molecule has 6 rings (SSSR count). The van der Waals surface area contributed by atoms with Crippen molar-refractivity contribution in [1.29, 1.82) is 0 Å². The fraction of sp³-hybridized carbons (Fsp3) is 0.419. The van der Waals surface area contributed by atoms with E-state index < -0.39 is 35.4 Å². The van der Waals surface area contributed by atoms with Gasteiger partial charge in [0.1, 0.15) is 17.8 Å². The monoisotopic (exact) mass is 610 g/mol. The average Bonchev–Trinajstić information content (AvgIpc) is 3.75. The number of rotatable bonds is 8. The lowest BCUT2D eigenvalue weighted by Crippen LogP contribution is -2.39. The molecule has 1 saturated carbocycles. The van der Waals surface area contributed by atoms with Crippen LogP contribution < -0.4 is 25.4 Å². The molecular weight excluding hydrogens is 578 g/mol. The molecule has 2 aliphatic heterocycles. The zero-order valence-electron chi connectivity index (χ0n) is 24.3. The number of carbonyl (C=O) groups is 3. The molecule has 44 heavy (non-hydrogen) atoms. The van der Waals surface area contributed by atoms with Crippen LogP contribution in [0.4, 0.5) is 25.0 Å². The van der Waals surface area contributed by atoms with Crippen molar-refractivity contribution in [2.75, 3.05) is 36.0 Å². The third kappa shape index (κ3) is 5.53. The predicted molar refractivity (Wildman–Crippen MR) is 156 cm³/mol. The number of nitrogens with one attached hydrogen (secondary N) is 1. The number of cyclic esters (lactones) is 1. The molecule has 3 fully saturated rings. The maximum Gasteiger partial charge on any atom is 0.414 e. The number of benzene rings is 1. The van der Waals surface area contributed by atoms with Crippen molar-refractivity contribution in [1.82, 2.24) is 9.72 Å². The highest BCUT2D eigenvalue weighted by Crippen LogP contribution is 2.44. The van der Waals surface area contributed by atoms with Gasteiger partial charge in [0, 0.05) is 38.9 Å². The maximum absolute atomic E-state index is 15.5. The molecule has 1 aromatic carbocycles. The summed E-state index contributed by atoms with van der Waals surface area (Å²) in [6.07, 6.45) is 2.28. The van der Waals surface area contributed by atoms with E-state index in [0.717, 1.165) is 29.0 Å². The number of pyridine rings is 2. The number of ether oxygens (including phenoxy) is 2. The number of hydrogen-bond acceptors (Lipinski definition) is 7. The number of amides is 2. The third-order valence-electron chi connectivity index (χ3n) is 8.42. The second-order valence-corrected chi connectivity index (χ2v) is 11.5. The highest BCUT2D eigenvalue weighted by atomic mass is 19.1. The van der Waals surface area contributed by atoms with Crippen LogP contribution in [-0.4, -0.2) is 65.9 Å². The molecule has 0 bridgehead atoms. The first kappa shape index (κ1) is 29.4. The van der Waals surface area contributed by atoms with Crippen LogP contribution in [0.5, 0.6) is 5.75 Å². The molecule has 1 aliphatic carbocycles. The molecule has 13 heteroatoms. The van der Waals surface area contributed by atoms with Gasteiger partial charge in [-0.15, -0.1) is 0 Å². The van der Waals surface area contributed by atoms with Gasteiger partial charge in [0.05, 0.1) is 36.2 Å². The van der Waals surface area contributed by atoms with E-state index in [1.54, 1.807) is 13.0 Å². The van der Waals surface area contributed by atoms with E-state index >= 15 is 8.78 Å². The molecule has 2 amide bonds. The maximum atomic E-state index is 15.5. The van der Waals surface area contributed by atoms with E-state index in [1.165, 1.54) is 30.0 Å². The van der Waals surface area contributed by atoms with Crippen LogP contribution in [0.3, 0.4) is 0 Å². The third-order valence-corrected chi connectivity index (χ3v) is 8.42. The van der Waals surface area contributed by atoms with E-state index in [0.29, 0.717) is 48.4 Å². The molecule has 0 spiro atoms. The summed E-state index contributed by atoms with van der Waals surface area (Å²) in [6, 6.07) is 5.66. The molecule has 2 N–H and O–H groups in total. The summed E-state index contributed by atoms with van der Waals surface area (Å²) >= 11 is 0. The Hall–Kier alpha value is -4.68. The second kappa shape index (κ2) is 11.4. The van der Waals surface area contributed by atoms with Gasteiger partial charge in [0.2, 0.25) is 5.91 Å². The Labute approximate surface area is 251 Å². The Kier molecular flexibility index (Phi) is 7.64. The fourth-order valence-electron chi connectivity index (χ4n) is 6.12. The molecule has 2 aromatic heterocycles. The number of halogens is 2. The van der Waals surface area contributed by atoms with Gasteiger partial charge >= 0.3 is 12.1 Å². The van der Waals surface area contributed by atoms with Gasteiger partial charge in [-0.1, -0.05) is 0 Å². The molecule has 1 unspecified atom stereocenters. The number of carboxylic acid groups (broad SMARTS) is 1. The van der Waals surface area contributed by atoms with Crippen LogP contribution in [0.15, 0.2) is 35.3 Å². The van der Waals surface area contributed by atoms with Crippen LogP contribution in [0, 0.1) is 18.6 Å². The van der Waals surface area contributed by atoms with Gasteiger partial charge in [-0.05, 0) is 55.0 Å². The van der Waals surface area contributed by atoms with E-state index in [-0.39, 0.29) is 42.3 Å². The number of nitrogens with zero attached hydrogens (tertiary/aromatic N) is 3. The van der Waals surface area contributed by atoms with Gasteiger partial charge in [-0.3, -0.25) is 18.9 Å². The largest absolute Gasteiger partial charge is 0.487 e. The van der Waals surface area contributed by atoms with Crippen molar-refractivity contribution in [2.45, 2.75) is 57.7 Å². The molecule has 232 valence electrons. The molecule has 2 saturated heterocycles. The number of anilines is 2. The Balaban J connectivity index is 1.15. The van der Waals surface area contributed by atoms with Gasteiger partial charge in [0.25, 0.3) is 5.56 Å². The van der Waals surface area contributed by atoms with Crippen molar-refractivity contribution < 1.29 is 37.7 Å².